The van der Waals surface area contributed by atoms with Crippen molar-refractivity contribution in [3.8, 4) is 0 Å². The van der Waals surface area contributed by atoms with Crippen molar-refractivity contribution in [1.29, 1.82) is 0 Å². The Balaban J connectivity index is 2.41. The van der Waals surface area contributed by atoms with Gasteiger partial charge in [0.2, 0.25) is 0 Å². The molecule has 0 saturated heterocycles. The van der Waals surface area contributed by atoms with E-state index in [-0.39, 0.29) is 11.9 Å². The average Bonchev–Trinajstić information content (AvgIpc) is 2.31. The smallest absolute Gasteiger partial charge is 0.187 e. The molecule has 0 spiro atoms. The lowest BCUT2D eigenvalue weighted by atomic mass is 10.2. The van der Waals surface area contributed by atoms with Crippen molar-refractivity contribution in [1.82, 2.24) is 10.7 Å². The molecule has 0 amide bonds. The van der Waals surface area contributed by atoms with Gasteiger partial charge in [-0.15, -0.1) is 0 Å². The van der Waals surface area contributed by atoms with Gasteiger partial charge < -0.3 is 10.1 Å². The lowest BCUT2D eigenvalue weighted by Gasteiger charge is -2.13. The van der Waals surface area contributed by atoms with Crippen molar-refractivity contribution in [3.63, 3.8) is 0 Å². The van der Waals surface area contributed by atoms with Gasteiger partial charge in [0.15, 0.2) is 5.11 Å². The average molecular weight is 269 g/mol. The monoisotopic (exact) mass is 269 g/mol. The summed E-state index contributed by atoms with van der Waals surface area (Å²) in [5.41, 5.74) is 3.02. The van der Waals surface area contributed by atoms with E-state index in [0.717, 1.165) is 0 Å². The number of thiocarbonyl (C=S) groups is 1. The highest BCUT2D eigenvalue weighted by Crippen LogP contribution is 2.02. The van der Waals surface area contributed by atoms with Crippen molar-refractivity contribution in [3.05, 3.63) is 35.6 Å². The molecule has 0 aliphatic rings. The van der Waals surface area contributed by atoms with E-state index in [1.54, 1.807) is 25.3 Å². The maximum absolute atomic E-state index is 13.2. The maximum atomic E-state index is 13.2. The molecule has 1 aromatic rings. The SMILES string of the molecule is COC[C@@H](C)NC(=S)N/N=C\c1ccccc1F. The van der Waals surface area contributed by atoms with Crippen LogP contribution in [0.3, 0.4) is 0 Å². The Morgan fingerprint density at radius 3 is 2.94 bits per heavy atom. The van der Waals surface area contributed by atoms with Crippen LogP contribution in [0.2, 0.25) is 0 Å². The van der Waals surface area contributed by atoms with Crippen LogP contribution in [0, 0.1) is 5.82 Å². The molecule has 0 bridgehead atoms. The van der Waals surface area contributed by atoms with Gasteiger partial charge in [0.05, 0.1) is 12.8 Å². The number of nitrogens with zero attached hydrogens (tertiary/aromatic N) is 1. The molecule has 98 valence electrons. The summed E-state index contributed by atoms with van der Waals surface area (Å²) in [6.45, 7) is 2.47. The third-order valence-corrected chi connectivity index (χ3v) is 2.28. The summed E-state index contributed by atoms with van der Waals surface area (Å²) in [4.78, 5) is 0. The first-order chi connectivity index (χ1) is 8.63. The van der Waals surface area contributed by atoms with Gasteiger partial charge in [0.1, 0.15) is 5.82 Å². The number of rotatable bonds is 5. The number of nitrogens with one attached hydrogen (secondary N) is 2. The summed E-state index contributed by atoms with van der Waals surface area (Å²) in [7, 11) is 1.62. The van der Waals surface area contributed by atoms with Crippen LogP contribution >= 0.6 is 12.2 Å². The quantitative estimate of drug-likeness (QED) is 0.485. The summed E-state index contributed by atoms with van der Waals surface area (Å²) < 4.78 is 18.2. The number of hydrazone groups is 1. The number of ether oxygens (including phenoxy) is 1. The lowest BCUT2D eigenvalue weighted by molar-refractivity contribution is 0.179. The largest absolute Gasteiger partial charge is 0.383 e. The van der Waals surface area contributed by atoms with Crippen molar-refractivity contribution >= 4 is 23.5 Å². The zero-order valence-electron chi connectivity index (χ0n) is 10.3. The third-order valence-electron chi connectivity index (χ3n) is 2.07. The minimum atomic E-state index is -0.324. The predicted octanol–water partition coefficient (Wildman–Crippen LogP) is 1.66. The molecule has 0 saturated carbocycles. The highest BCUT2D eigenvalue weighted by atomic mass is 32.1. The van der Waals surface area contributed by atoms with Crippen LogP contribution in [0.15, 0.2) is 29.4 Å². The normalized spacial score (nSPS) is 12.4. The molecule has 1 atom stereocenters. The van der Waals surface area contributed by atoms with Crippen LogP contribution in [-0.2, 0) is 4.74 Å². The second-order valence-corrected chi connectivity index (χ2v) is 4.13. The molecule has 4 nitrogen and oxygen atoms in total. The van der Waals surface area contributed by atoms with Crippen LogP contribution < -0.4 is 10.7 Å². The molecular weight excluding hydrogens is 253 g/mol. The molecule has 0 unspecified atom stereocenters. The van der Waals surface area contributed by atoms with Crippen molar-refractivity contribution in [2.24, 2.45) is 5.10 Å². The van der Waals surface area contributed by atoms with E-state index < -0.39 is 0 Å². The van der Waals surface area contributed by atoms with E-state index in [0.29, 0.717) is 17.3 Å². The Hall–Kier alpha value is -1.53. The van der Waals surface area contributed by atoms with E-state index in [1.807, 2.05) is 6.92 Å². The van der Waals surface area contributed by atoms with E-state index >= 15 is 0 Å². The molecule has 2 N–H and O–H groups in total. The van der Waals surface area contributed by atoms with Gasteiger partial charge in [0.25, 0.3) is 0 Å². The fourth-order valence-corrected chi connectivity index (χ4v) is 1.54. The Kier molecular flexibility index (Phi) is 6.24. The number of hydrogen-bond donors (Lipinski definition) is 2. The Morgan fingerprint density at radius 2 is 2.28 bits per heavy atom. The predicted molar refractivity (Wildman–Crippen MR) is 74.2 cm³/mol. The highest BCUT2D eigenvalue weighted by molar-refractivity contribution is 7.80. The first-order valence-electron chi connectivity index (χ1n) is 5.46. The molecular formula is C12H16FN3OS. The molecule has 0 heterocycles. The summed E-state index contributed by atoms with van der Waals surface area (Å²) in [5, 5.41) is 7.19. The minimum absolute atomic E-state index is 0.0821. The fraction of sp³-hybridized carbons (Fsp3) is 0.333. The Bertz CT molecular complexity index is 426. The highest BCUT2D eigenvalue weighted by Gasteiger charge is 2.02. The van der Waals surface area contributed by atoms with Gasteiger partial charge >= 0.3 is 0 Å². The standard InChI is InChI=1S/C12H16FN3OS/c1-9(8-17-2)15-12(18)16-14-7-10-5-3-4-6-11(10)13/h3-7,9H,8H2,1-2H3,(H2,15,16,18)/b14-7-/t9-/m1/s1. The number of benzene rings is 1. The van der Waals surface area contributed by atoms with Gasteiger partial charge in [-0.3, -0.25) is 5.43 Å². The number of hydrogen-bond acceptors (Lipinski definition) is 3. The first kappa shape index (κ1) is 14.5. The van der Waals surface area contributed by atoms with E-state index in [9.17, 15) is 4.39 Å². The molecule has 0 aromatic heterocycles. The fourth-order valence-electron chi connectivity index (χ4n) is 1.29. The number of halogens is 1. The van der Waals surface area contributed by atoms with E-state index in [4.69, 9.17) is 17.0 Å². The topological polar surface area (TPSA) is 45.6 Å². The second-order valence-electron chi connectivity index (χ2n) is 3.72. The van der Waals surface area contributed by atoms with E-state index in [2.05, 4.69) is 15.8 Å². The molecule has 18 heavy (non-hydrogen) atoms. The summed E-state index contributed by atoms with van der Waals surface area (Å²) in [6, 6.07) is 6.45. The molecule has 1 rings (SSSR count). The Morgan fingerprint density at radius 1 is 1.56 bits per heavy atom. The lowest BCUT2D eigenvalue weighted by Crippen LogP contribution is -2.40. The summed E-state index contributed by atoms with van der Waals surface area (Å²) >= 11 is 5.01. The van der Waals surface area contributed by atoms with Crippen LogP contribution in [0.4, 0.5) is 4.39 Å². The first-order valence-corrected chi connectivity index (χ1v) is 5.87. The van der Waals surface area contributed by atoms with Gasteiger partial charge in [-0.25, -0.2) is 4.39 Å². The number of methoxy groups -OCH3 is 1. The van der Waals surface area contributed by atoms with Gasteiger partial charge in [-0.05, 0) is 25.2 Å². The van der Waals surface area contributed by atoms with Crippen LogP contribution in [0.5, 0.6) is 0 Å². The maximum Gasteiger partial charge on any atom is 0.187 e. The molecule has 0 aliphatic carbocycles. The van der Waals surface area contributed by atoms with Crippen LogP contribution in [0.25, 0.3) is 0 Å². The minimum Gasteiger partial charge on any atom is -0.383 e. The third kappa shape index (κ3) is 5.20. The van der Waals surface area contributed by atoms with Gasteiger partial charge in [0, 0.05) is 18.7 Å². The van der Waals surface area contributed by atoms with Crippen molar-refractivity contribution in [2.75, 3.05) is 13.7 Å². The molecule has 0 aliphatic heterocycles. The van der Waals surface area contributed by atoms with Crippen molar-refractivity contribution in [2.45, 2.75) is 13.0 Å². The van der Waals surface area contributed by atoms with Crippen molar-refractivity contribution < 1.29 is 9.13 Å². The Labute approximate surface area is 111 Å². The summed E-state index contributed by atoms with van der Waals surface area (Å²) in [5.74, 6) is -0.324. The molecule has 6 heteroatoms. The molecule has 0 fully saturated rings. The summed E-state index contributed by atoms with van der Waals surface area (Å²) in [6.07, 6.45) is 1.38. The van der Waals surface area contributed by atoms with Gasteiger partial charge in [-0.2, -0.15) is 5.10 Å². The zero-order chi connectivity index (χ0) is 13.4. The van der Waals surface area contributed by atoms with Crippen LogP contribution in [0.1, 0.15) is 12.5 Å². The zero-order valence-corrected chi connectivity index (χ0v) is 11.1. The molecule has 0 radical (unpaired) electrons. The molecule has 1 aromatic carbocycles. The van der Waals surface area contributed by atoms with Crippen LogP contribution in [-0.4, -0.2) is 31.1 Å². The van der Waals surface area contributed by atoms with Gasteiger partial charge in [-0.1, -0.05) is 18.2 Å². The van der Waals surface area contributed by atoms with E-state index in [1.165, 1.54) is 12.3 Å². The second kappa shape index (κ2) is 7.73.